The molecule has 0 spiro atoms. The average Bonchev–Trinajstić information content (AvgIpc) is 2.96. The Balaban J connectivity index is 1.33. The lowest BCUT2D eigenvalue weighted by atomic mass is 10.1. The van der Waals surface area contributed by atoms with Crippen LogP contribution in [0.1, 0.15) is 16.7 Å². The third kappa shape index (κ3) is 6.17. The van der Waals surface area contributed by atoms with Crippen molar-refractivity contribution in [1.29, 1.82) is 0 Å². The van der Waals surface area contributed by atoms with Crippen LogP contribution < -0.4 is 19.7 Å². The Morgan fingerprint density at radius 2 is 1.45 bits per heavy atom. The summed E-state index contributed by atoms with van der Waals surface area (Å²) in [4.78, 5) is 39.6. The van der Waals surface area contributed by atoms with Gasteiger partial charge in [-0.25, -0.2) is 9.69 Å². The maximum Gasteiger partial charge on any atom is 0.335 e. The van der Waals surface area contributed by atoms with Crippen molar-refractivity contribution in [2.45, 2.75) is 13.2 Å². The molecule has 4 aromatic carbocycles. The van der Waals surface area contributed by atoms with Crippen molar-refractivity contribution >= 4 is 52.8 Å². The molecule has 0 atom stereocenters. The summed E-state index contributed by atoms with van der Waals surface area (Å²) in [5.74, 6) is -0.564. The van der Waals surface area contributed by atoms with E-state index in [-0.39, 0.29) is 24.5 Å². The van der Waals surface area contributed by atoms with Crippen LogP contribution in [-0.4, -0.2) is 17.8 Å². The van der Waals surface area contributed by atoms with Crippen LogP contribution in [0.15, 0.2) is 103 Å². The van der Waals surface area contributed by atoms with Crippen molar-refractivity contribution in [3.05, 3.63) is 129 Å². The average molecular weight is 573 g/mol. The van der Waals surface area contributed by atoms with Crippen LogP contribution in [0.2, 0.25) is 10.0 Å². The highest BCUT2D eigenvalue weighted by molar-refractivity contribution is 6.39. The van der Waals surface area contributed by atoms with E-state index < -0.39 is 17.8 Å². The standard InChI is InChI=1S/C31H22Cl2N2O5/c32-23-11-9-20(10-12-23)18-40-28-8-4-2-5-21(28)17-26-29(36)34-31(38)35(30(26)37)24-13-15-25(16-14-24)39-19-22-6-1-3-7-27(22)33/h1-17H,18-19H2,(H,34,36,38)/b26-17+. The first-order valence-corrected chi connectivity index (χ1v) is 13.0. The molecule has 0 radical (unpaired) electrons. The molecule has 0 saturated carbocycles. The minimum absolute atomic E-state index is 0.207. The van der Waals surface area contributed by atoms with Crippen LogP contribution >= 0.6 is 23.2 Å². The Hall–Kier alpha value is -4.59. The predicted octanol–water partition coefficient (Wildman–Crippen LogP) is 6.82. The molecule has 0 aromatic heterocycles. The summed E-state index contributed by atoms with van der Waals surface area (Å²) >= 11 is 12.1. The number of urea groups is 1. The van der Waals surface area contributed by atoms with Crippen LogP contribution in [0.3, 0.4) is 0 Å². The van der Waals surface area contributed by atoms with E-state index in [0.717, 1.165) is 16.0 Å². The van der Waals surface area contributed by atoms with Crippen molar-refractivity contribution < 1.29 is 23.9 Å². The van der Waals surface area contributed by atoms with E-state index in [1.165, 1.54) is 6.08 Å². The third-order valence-corrected chi connectivity index (χ3v) is 6.70. The van der Waals surface area contributed by atoms with Gasteiger partial charge in [-0.3, -0.25) is 14.9 Å². The number of carbonyl (C=O) groups excluding carboxylic acids is 3. The van der Waals surface area contributed by atoms with Gasteiger partial charge in [-0.05, 0) is 60.2 Å². The fourth-order valence-electron chi connectivity index (χ4n) is 3.99. The van der Waals surface area contributed by atoms with E-state index in [1.54, 1.807) is 66.7 Å². The molecular formula is C31H22Cl2N2O5. The molecule has 1 fully saturated rings. The SMILES string of the molecule is O=C1NC(=O)N(c2ccc(OCc3ccccc3Cl)cc2)C(=O)/C1=C/c1ccccc1OCc1ccc(Cl)cc1. The van der Waals surface area contributed by atoms with Crippen LogP contribution in [0.4, 0.5) is 10.5 Å². The molecule has 4 aromatic rings. The first kappa shape index (κ1) is 27.0. The van der Waals surface area contributed by atoms with Crippen molar-refractivity contribution in [3.63, 3.8) is 0 Å². The number of imide groups is 2. The van der Waals surface area contributed by atoms with Crippen molar-refractivity contribution in [2.75, 3.05) is 4.90 Å². The fraction of sp³-hybridized carbons (Fsp3) is 0.0645. The van der Waals surface area contributed by atoms with Gasteiger partial charge in [0, 0.05) is 21.2 Å². The molecule has 200 valence electrons. The van der Waals surface area contributed by atoms with Gasteiger partial charge in [-0.1, -0.05) is 71.7 Å². The zero-order valence-electron chi connectivity index (χ0n) is 21.0. The van der Waals surface area contributed by atoms with E-state index in [2.05, 4.69) is 5.32 Å². The molecule has 4 amide bonds. The van der Waals surface area contributed by atoms with Gasteiger partial charge in [-0.2, -0.15) is 0 Å². The summed E-state index contributed by atoms with van der Waals surface area (Å²) in [6, 6.07) is 27.1. The Morgan fingerprint density at radius 3 is 2.20 bits per heavy atom. The number of amides is 4. The highest BCUT2D eigenvalue weighted by Gasteiger charge is 2.37. The third-order valence-electron chi connectivity index (χ3n) is 6.08. The van der Waals surface area contributed by atoms with Crippen LogP contribution in [0.25, 0.3) is 6.08 Å². The maximum absolute atomic E-state index is 13.4. The van der Waals surface area contributed by atoms with E-state index in [4.69, 9.17) is 32.7 Å². The molecule has 1 heterocycles. The molecule has 5 rings (SSSR count). The molecule has 1 N–H and O–H groups in total. The lowest BCUT2D eigenvalue weighted by Crippen LogP contribution is -2.54. The van der Waals surface area contributed by atoms with Gasteiger partial charge in [0.05, 0.1) is 5.69 Å². The number of para-hydroxylation sites is 1. The number of hydrogen-bond donors (Lipinski definition) is 1. The number of nitrogens with one attached hydrogen (secondary N) is 1. The molecule has 1 saturated heterocycles. The van der Waals surface area contributed by atoms with Gasteiger partial charge >= 0.3 is 6.03 Å². The number of carbonyl (C=O) groups is 3. The molecule has 7 nitrogen and oxygen atoms in total. The second-order valence-corrected chi connectivity index (χ2v) is 9.63. The van der Waals surface area contributed by atoms with Gasteiger partial charge < -0.3 is 9.47 Å². The van der Waals surface area contributed by atoms with E-state index in [1.807, 2.05) is 30.3 Å². The number of anilines is 1. The zero-order chi connectivity index (χ0) is 28.1. The maximum atomic E-state index is 13.4. The lowest BCUT2D eigenvalue weighted by molar-refractivity contribution is -0.122. The number of benzene rings is 4. The summed E-state index contributed by atoms with van der Waals surface area (Å²) < 4.78 is 11.7. The van der Waals surface area contributed by atoms with Gasteiger partial charge in [-0.15, -0.1) is 0 Å². The Labute approximate surface area is 240 Å². The number of nitrogens with zero attached hydrogens (tertiary/aromatic N) is 1. The fourth-order valence-corrected chi connectivity index (χ4v) is 4.30. The Bertz CT molecular complexity index is 1600. The Kier molecular flexibility index (Phi) is 8.15. The van der Waals surface area contributed by atoms with E-state index in [9.17, 15) is 14.4 Å². The molecular weight excluding hydrogens is 551 g/mol. The smallest absolute Gasteiger partial charge is 0.335 e. The number of hydrogen-bond acceptors (Lipinski definition) is 5. The van der Waals surface area contributed by atoms with Crippen LogP contribution in [0, 0.1) is 0 Å². The van der Waals surface area contributed by atoms with Crippen molar-refractivity contribution in [1.82, 2.24) is 5.32 Å². The molecule has 0 aliphatic carbocycles. The zero-order valence-corrected chi connectivity index (χ0v) is 22.5. The van der Waals surface area contributed by atoms with Crippen molar-refractivity contribution in [2.24, 2.45) is 0 Å². The molecule has 9 heteroatoms. The van der Waals surface area contributed by atoms with Gasteiger partial charge in [0.2, 0.25) is 0 Å². The highest BCUT2D eigenvalue weighted by atomic mass is 35.5. The van der Waals surface area contributed by atoms with Crippen LogP contribution in [-0.2, 0) is 22.8 Å². The minimum atomic E-state index is -0.843. The summed E-state index contributed by atoms with van der Waals surface area (Å²) in [5.41, 5.74) is 2.30. The second-order valence-electron chi connectivity index (χ2n) is 8.78. The summed E-state index contributed by atoms with van der Waals surface area (Å²) in [6.45, 7) is 0.510. The summed E-state index contributed by atoms with van der Waals surface area (Å²) in [5, 5.41) is 3.45. The molecule has 0 unspecified atom stereocenters. The first-order chi connectivity index (χ1) is 19.4. The Morgan fingerprint density at radius 1 is 0.750 bits per heavy atom. The largest absolute Gasteiger partial charge is 0.489 e. The summed E-state index contributed by atoms with van der Waals surface area (Å²) in [7, 11) is 0. The predicted molar refractivity (Wildman–Crippen MR) is 153 cm³/mol. The van der Waals surface area contributed by atoms with Gasteiger partial charge in [0.15, 0.2) is 0 Å². The van der Waals surface area contributed by atoms with Gasteiger partial charge in [0.25, 0.3) is 11.8 Å². The highest BCUT2D eigenvalue weighted by Crippen LogP contribution is 2.28. The number of ether oxygens (including phenoxy) is 2. The molecule has 0 bridgehead atoms. The normalized spacial score (nSPS) is 14.3. The molecule has 40 heavy (non-hydrogen) atoms. The summed E-state index contributed by atoms with van der Waals surface area (Å²) in [6.07, 6.45) is 1.41. The van der Waals surface area contributed by atoms with Gasteiger partial charge in [0.1, 0.15) is 30.3 Å². The second kappa shape index (κ2) is 12.1. The first-order valence-electron chi connectivity index (χ1n) is 12.2. The quantitative estimate of drug-likeness (QED) is 0.185. The monoisotopic (exact) mass is 572 g/mol. The number of rotatable bonds is 8. The topological polar surface area (TPSA) is 84.9 Å². The van der Waals surface area contributed by atoms with Crippen molar-refractivity contribution in [3.8, 4) is 11.5 Å². The van der Waals surface area contributed by atoms with E-state index in [0.29, 0.717) is 27.1 Å². The number of barbiturate groups is 1. The van der Waals surface area contributed by atoms with Crippen LogP contribution in [0.5, 0.6) is 11.5 Å². The molecule has 1 aliphatic heterocycles. The molecule has 1 aliphatic rings. The van der Waals surface area contributed by atoms with E-state index >= 15 is 0 Å². The number of halogens is 2. The lowest BCUT2D eigenvalue weighted by Gasteiger charge is -2.26. The minimum Gasteiger partial charge on any atom is -0.489 e.